The molecule has 0 aromatic rings. The van der Waals surface area contributed by atoms with Crippen LogP contribution in [0.3, 0.4) is 0 Å². The van der Waals surface area contributed by atoms with Gasteiger partial charge in [0.2, 0.25) is 0 Å². The average Bonchev–Trinajstić information content (AvgIpc) is 2.60. The molecule has 4 heteroatoms. The predicted octanol–water partition coefficient (Wildman–Crippen LogP) is 6.16. The van der Waals surface area contributed by atoms with Gasteiger partial charge in [-0.3, -0.25) is 4.79 Å². The summed E-state index contributed by atoms with van der Waals surface area (Å²) in [4.78, 5) is 22.6. The lowest BCUT2D eigenvalue weighted by atomic mass is 9.48. The molecule has 3 aliphatic rings. The zero-order chi connectivity index (χ0) is 20.7. The fourth-order valence-electron chi connectivity index (χ4n) is 6.52. The largest absolute Gasteiger partial charge is 0.481 e. The van der Waals surface area contributed by atoms with Crippen LogP contribution in [0.2, 0.25) is 0 Å². The van der Waals surface area contributed by atoms with Gasteiger partial charge in [0.25, 0.3) is 0 Å². The Kier molecular flexibility index (Phi) is 6.05. The Hall–Kier alpha value is -0.870. The summed E-state index contributed by atoms with van der Waals surface area (Å²) in [5, 5.41) is 9.21. The molecular weight excluding hydrogens is 352 g/mol. The number of allylic oxidation sites excluding steroid dienone is 2. The number of rotatable bonds is 5. The van der Waals surface area contributed by atoms with E-state index in [1.54, 1.807) is 12.5 Å². The van der Waals surface area contributed by atoms with E-state index in [1.165, 1.54) is 25.7 Å². The van der Waals surface area contributed by atoms with E-state index in [4.69, 9.17) is 9.78 Å². The van der Waals surface area contributed by atoms with Gasteiger partial charge in [-0.05, 0) is 88.4 Å². The highest BCUT2D eigenvalue weighted by Crippen LogP contribution is 2.60. The molecule has 0 unspecified atom stereocenters. The van der Waals surface area contributed by atoms with Crippen LogP contribution in [0, 0.1) is 28.6 Å². The van der Waals surface area contributed by atoms with Crippen LogP contribution >= 0.6 is 0 Å². The van der Waals surface area contributed by atoms with Crippen LogP contribution in [0.15, 0.2) is 11.6 Å². The topological polar surface area (TPSA) is 55.8 Å². The molecule has 1 N–H and O–H groups in total. The first-order valence-electron chi connectivity index (χ1n) is 11.2. The molecule has 160 valence electrons. The number of hydrogen-bond donors (Lipinski definition) is 1. The van der Waals surface area contributed by atoms with Gasteiger partial charge in [-0.15, -0.1) is 0 Å². The smallest absolute Gasteiger partial charge is 0.308 e. The maximum Gasteiger partial charge on any atom is 0.308 e. The van der Waals surface area contributed by atoms with Crippen molar-refractivity contribution in [3.8, 4) is 0 Å². The van der Waals surface area contributed by atoms with Gasteiger partial charge in [0.1, 0.15) is 11.7 Å². The van der Waals surface area contributed by atoms with Gasteiger partial charge in [-0.1, -0.05) is 38.8 Å². The Labute approximate surface area is 171 Å². The maximum atomic E-state index is 11.2. The number of carbonyl (C=O) groups is 1. The van der Waals surface area contributed by atoms with Gasteiger partial charge in [0, 0.05) is 0 Å². The van der Waals surface area contributed by atoms with Crippen LogP contribution < -0.4 is 0 Å². The zero-order valence-electron chi connectivity index (χ0n) is 18.7. The average molecular weight is 393 g/mol. The summed E-state index contributed by atoms with van der Waals surface area (Å²) >= 11 is 0. The maximum absolute atomic E-state index is 11.2. The lowest BCUT2D eigenvalue weighted by Crippen LogP contribution is -2.49. The van der Waals surface area contributed by atoms with Gasteiger partial charge in [0.15, 0.2) is 0 Å². The highest BCUT2D eigenvalue weighted by atomic mass is 17.2. The van der Waals surface area contributed by atoms with Crippen LogP contribution in [-0.4, -0.2) is 22.8 Å². The zero-order valence-corrected chi connectivity index (χ0v) is 18.7. The van der Waals surface area contributed by atoms with E-state index in [9.17, 15) is 9.90 Å². The van der Waals surface area contributed by atoms with Crippen molar-refractivity contribution >= 4 is 5.97 Å². The first-order chi connectivity index (χ1) is 13.0. The third-order valence-corrected chi connectivity index (χ3v) is 8.54. The molecule has 0 aromatic carbocycles. The van der Waals surface area contributed by atoms with Gasteiger partial charge < -0.3 is 5.11 Å². The second kappa shape index (κ2) is 7.75. The van der Waals surface area contributed by atoms with E-state index in [2.05, 4.69) is 40.7 Å². The molecule has 6 atom stereocenters. The van der Waals surface area contributed by atoms with Crippen LogP contribution in [0.5, 0.6) is 0 Å². The minimum absolute atomic E-state index is 0.317. The summed E-state index contributed by atoms with van der Waals surface area (Å²) in [6, 6.07) is 0. The summed E-state index contributed by atoms with van der Waals surface area (Å²) in [6.07, 6.45) is 11.0. The van der Waals surface area contributed by atoms with Crippen LogP contribution in [0.4, 0.5) is 0 Å². The second-order valence-corrected chi connectivity index (χ2v) is 11.0. The number of carboxylic acid groups (broad SMARTS) is 1. The SMILES string of the molecule is CC1=CC[C@@H]2C(C)(C)CCC[C@@]2(C)[C@@H]1CC[C@@]1(C)CC[C@@H]([C@H](C)C(=O)O)OO1. The number of fused-ring (bicyclic) bond motifs is 1. The molecule has 1 aliphatic heterocycles. The molecule has 0 bridgehead atoms. The normalized spacial score (nSPS) is 41.6. The molecule has 1 heterocycles. The number of carboxylic acids is 1. The molecule has 0 aromatic heterocycles. The molecular formula is C24H40O4. The molecule has 4 nitrogen and oxygen atoms in total. The Morgan fingerprint density at radius 3 is 2.57 bits per heavy atom. The van der Waals surface area contributed by atoms with E-state index < -0.39 is 11.9 Å². The summed E-state index contributed by atoms with van der Waals surface area (Å²) in [7, 11) is 0. The molecule has 0 amide bonds. The van der Waals surface area contributed by atoms with Crippen molar-refractivity contribution in [3.05, 3.63) is 11.6 Å². The molecule has 3 rings (SSSR count). The summed E-state index contributed by atoms with van der Waals surface area (Å²) in [6.45, 7) is 13.6. The van der Waals surface area contributed by atoms with Crippen molar-refractivity contribution in [1.29, 1.82) is 0 Å². The summed E-state index contributed by atoms with van der Waals surface area (Å²) in [5.41, 5.74) is 2.01. The Morgan fingerprint density at radius 2 is 1.96 bits per heavy atom. The highest BCUT2D eigenvalue weighted by molar-refractivity contribution is 5.70. The number of hydrogen-bond acceptors (Lipinski definition) is 3. The van der Waals surface area contributed by atoms with E-state index in [1.807, 2.05) is 0 Å². The van der Waals surface area contributed by atoms with Crippen molar-refractivity contribution in [3.63, 3.8) is 0 Å². The fourth-order valence-corrected chi connectivity index (χ4v) is 6.52. The quantitative estimate of drug-likeness (QED) is 0.450. The monoisotopic (exact) mass is 392 g/mol. The van der Waals surface area contributed by atoms with Crippen molar-refractivity contribution in [2.45, 2.75) is 105 Å². The van der Waals surface area contributed by atoms with Crippen molar-refractivity contribution in [2.75, 3.05) is 0 Å². The van der Waals surface area contributed by atoms with Crippen molar-refractivity contribution in [1.82, 2.24) is 0 Å². The molecule has 0 radical (unpaired) electrons. The number of aliphatic carboxylic acids is 1. The van der Waals surface area contributed by atoms with Crippen LogP contribution in [-0.2, 0) is 14.6 Å². The second-order valence-electron chi connectivity index (χ2n) is 11.0. The standard InChI is InChI=1S/C24H40O4/c1-16-8-9-20-22(3,4)12-7-13-24(20,6)18(16)10-14-23(5)15-11-19(27-28-23)17(2)21(25)26/h8,17-20H,7,9-15H2,1-6H3,(H,25,26)/t17-,18+,19-,20+,23-,24-/m0/s1. The lowest BCUT2D eigenvalue weighted by Gasteiger charge is -2.57. The van der Waals surface area contributed by atoms with E-state index in [0.29, 0.717) is 16.7 Å². The van der Waals surface area contributed by atoms with E-state index in [-0.39, 0.29) is 11.7 Å². The molecule has 1 saturated heterocycles. The summed E-state index contributed by atoms with van der Waals surface area (Å²) in [5.74, 6) is -0.00208. The van der Waals surface area contributed by atoms with Gasteiger partial charge in [0.05, 0.1) is 5.92 Å². The van der Waals surface area contributed by atoms with Gasteiger partial charge >= 0.3 is 5.97 Å². The van der Waals surface area contributed by atoms with Gasteiger partial charge in [-0.2, -0.15) is 0 Å². The fraction of sp³-hybridized carbons (Fsp3) is 0.875. The Morgan fingerprint density at radius 1 is 1.25 bits per heavy atom. The predicted molar refractivity (Wildman–Crippen MR) is 111 cm³/mol. The minimum atomic E-state index is -0.820. The molecule has 28 heavy (non-hydrogen) atoms. The highest BCUT2D eigenvalue weighted by Gasteiger charge is 2.52. The minimum Gasteiger partial charge on any atom is -0.481 e. The van der Waals surface area contributed by atoms with E-state index >= 15 is 0 Å². The van der Waals surface area contributed by atoms with Crippen LogP contribution in [0.1, 0.15) is 92.9 Å². The first kappa shape index (κ1) is 21.8. The molecule has 0 spiro atoms. The molecule has 1 saturated carbocycles. The first-order valence-corrected chi connectivity index (χ1v) is 11.2. The summed E-state index contributed by atoms with van der Waals surface area (Å²) < 4.78 is 0. The van der Waals surface area contributed by atoms with Crippen molar-refractivity contribution in [2.24, 2.45) is 28.6 Å². The van der Waals surface area contributed by atoms with E-state index in [0.717, 1.165) is 31.6 Å². The third kappa shape index (κ3) is 4.05. The van der Waals surface area contributed by atoms with Gasteiger partial charge in [-0.25, -0.2) is 9.78 Å². The lowest BCUT2D eigenvalue weighted by molar-refractivity contribution is -0.411. The molecule has 2 aliphatic carbocycles. The van der Waals surface area contributed by atoms with Crippen molar-refractivity contribution < 1.29 is 19.7 Å². The Balaban J connectivity index is 1.66. The third-order valence-electron chi connectivity index (χ3n) is 8.54. The van der Waals surface area contributed by atoms with Crippen LogP contribution in [0.25, 0.3) is 0 Å². The Bertz CT molecular complexity index is 614. The molecule has 2 fully saturated rings.